The number of anilines is 1. The van der Waals surface area contributed by atoms with Gasteiger partial charge in [-0.3, -0.25) is 24.5 Å². The molecule has 1 aromatic carbocycles. The first kappa shape index (κ1) is 21.1. The maximum Gasteiger partial charge on any atom is 0.312 e. The third-order valence-electron chi connectivity index (χ3n) is 4.44. The number of methoxy groups -OCH3 is 1. The van der Waals surface area contributed by atoms with Gasteiger partial charge >= 0.3 is 5.97 Å². The maximum atomic E-state index is 12.3. The Morgan fingerprint density at radius 3 is 2.54 bits per heavy atom. The molecule has 28 heavy (non-hydrogen) atoms. The second-order valence-corrected chi connectivity index (χ2v) is 6.75. The van der Waals surface area contributed by atoms with Crippen LogP contribution in [0.25, 0.3) is 0 Å². The van der Waals surface area contributed by atoms with Crippen molar-refractivity contribution in [2.75, 3.05) is 19.0 Å². The second kappa shape index (κ2) is 8.68. The van der Waals surface area contributed by atoms with Crippen LogP contribution in [0.3, 0.4) is 0 Å². The molecular weight excluding hydrogens is 370 g/mol. The molecule has 10 nitrogen and oxygen atoms in total. The molecule has 1 N–H and O–H groups in total. The lowest BCUT2D eigenvalue weighted by molar-refractivity contribution is -0.384. The Kier molecular flexibility index (Phi) is 6.55. The van der Waals surface area contributed by atoms with E-state index in [1.807, 2.05) is 13.8 Å². The monoisotopic (exact) mass is 393 g/mol. The van der Waals surface area contributed by atoms with Crippen LogP contribution in [0.4, 0.5) is 11.4 Å². The van der Waals surface area contributed by atoms with Gasteiger partial charge < -0.3 is 19.7 Å². The number of benzene rings is 1. The van der Waals surface area contributed by atoms with Gasteiger partial charge in [0.2, 0.25) is 5.91 Å². The number of hydrogen-bond acceptors (Lipinski definition) is 7. The Labute approximate surface area is 161 Å². The maximum absolute atomic E-state index is 12.3. The summed E-state index contributed by atoms with van der Waals surface area (Å²) in [4.78, 5) is 48.6. The average molecular weight is 393 g/mol. The van der Waals surface area contributed by atoms with Gasteiger partial charge in [-0.1, -0.05) is 0 Å². The number of hydrogen-bond donors (Lipinski definition) is 1. The van der Waals surface area contributed by atoms with Gasteiger partial charge in [0.05, 0.1) is 24.0 Å². The molecule has 0 radical (unpaired) electrons. The lowest BCUT2D eigenvalue weighted by Crippen LogP contribution is -2.35. The molecule has 1 aromatic rings. The normalized spacial score (nSPS) is 17.4. The number of nitrogens with one attached hydrogen (secondary N) is 1. The molecule has 152 valence electrons. The van der Waals surface area contributed by atoms with Crippen LogP contribution in [0.15, 0.2) is 18.2 Å². The smallest absolute Gasteiger partial charge is 0.312 e. The molecule has 1 saturated heterocycles. The Bertz CT molecular complexity index is 793. The largest absolute Gasteiger partial charge is 0.496 e. The van der Waals surface area contributed by atoms with Gasteiger partial charge in [0.15, 0.2) is 6.10 Å². The summed E-state index contributed by atoms with van der Waals surface area (Å²) in [6, 6.07) is 3.95. The summed E-state index contributed by atoms with van der Waals surface area (Å²) < 4.78 is 10.1. The Morgan fingerprint density at radius 2 is 2.00 bits per heavy atom. The van der Waals surface area contributed by atoms with Gasteiger partial charge in [-0.2, -0.15) is 0 Å². The van der Waals surface area contributed by atoms with Crippen molar-refractivity contribution >= 4 is 29.2 Å². The predicted molar refractivity (Wildman–Crippen MR) is 98.8 cm³/mol. The molecule has 1 fully saturated rings. The zero-order valence-corrected chi connectivity index (χ0v) is 16.1. The lowest BCUT2D eigenvalue weighted by Gasteiger charge is -2.21. The van der Waals surface area contributed by atoms with E-state index in [4.69, 9.17) is 9.47 Å². The minimum Gasteiger partial charge on any atom is -0.496 e. The van der Waals surface area contributed by atoms with Crippen LogP contribution in [0, 0.1) is 16.0 Å². The number of carbonyl (C=O) groups excluding carboxylic acids is 3. The summed E-state index contributed by atoms with van der Waals surface area (Å²) >= 11 is 0. The van der Waals surface area contributed by atoms with Crippen molar-refractivity contribution in [2.45, 2.75) is 39.3 Å². The minimum absolute atomic E-state index is 0.0263. The summed E-state index contributed by atoms with van der Waals surface area (Å²) in [5, 5.41) is 13.6. The summed E-state index contributed by atoms with van der Waals surface area (Å²) in [5.74, 6) is -1.87. The molecule has 1 aliphatic heterocycles. The molecule has 0 aliphatic carbocycles. The molecule has 1 heterocycles. The third-order valence-corrected chi connectivity index (χ3v) is 4.44. The molecular formula is C18H23N3O7. The molecule has 1 aliphatic rings. The molecule has 2 atom stereocenters. The molecule has 2 unspecified atom stereocenters. The molecule has 2 rings (SSSR count). The second-order valence-electron chi connectivity index (χ2n) is 6.75. The van der Waals surface area contributed by atoms with Crippen molar-refractivity contribution in [3.8, 4) is 5.75 Å². The minimum atomic E-state index is -1.18. The van der Waals surface area contributed by atoms with Gasteiger partial charge in [0.1, 0.15) is 11.4 Å². The molecule has 0 aromatic heterocycles. The molecule has 10 heteroatoms. The SMILES string of the molecule is COc1ccc(NC(=O)C(C)OC(=O)C2CC(=O)N(C(C)C)C2)c([N+](=O)[O-])c1. The highest BCUT2D eigenvalue weighted by Crippen LogP contribution is 2.29. The number of ether oxygens (including phenoxy) is 2. The fraction of sp³-hybridized carbons (Fsp3) is 0.500. The Morgan fingerprint density at radius 1 is 1.32 bits per heavy atom. The fourth-order valence-corrected chi connectivity index (χ4v) is 2.84. The molecule has 0 saturated carbocycles. The summed E-state index contributed by atoms with van der Waals surface area (Å²) in [7, 11) is 1.37. The highest BCUT2D eigenvalue weighted by molar-refractivity contribution is 5.97. The summed E-state index contributed by atoms with van der Waals surface area (Å²) in [6.07, 6.45) is -1.15. The van der Waals surface area contributed by atoms with E-state index >= 15 is 0 Å². The van der Waals surface area contributed by atoms with Crippen molar-refractivity contribution in [3.63, 3.8) is 0 Å². The fourth-order valence-electron chi connectivity index (χ4n) is 2.84. The topological polar surface area (TPSA) is 128 Å². The van der Waals surface area contributed by atoms with E-state index in [2.05, 4.69) is 5.32 Å². The third kappa shape index (κ3) is 4.76. The number of esters is 1. The van der Waals surface area contributed by atoms with Crippen LogP contribution >= 0.6 is 0 Å². The van der Waals surface area contributed by atoms with Crippen LogP contribution in [0.5, 0.6) is 5.75 Å². The van der Waals surface area contributed by atoms with E-state index in [0.29, 0.717) is 0 Å². The number of nitrogens with zero attached hydrogens (tertiary/aromatic N) is 2. The number of carbonyl (C=O) groups is 3. The van der Waals surface area contributed by atoms with E-state index in [1.54, 1.807) is 4.90 Å². The predicted octanol–water partition coefficient (Wildman–Crippen LogP) is 1.73. The van der Waals surface area contributed by atoms with Crippen molar-refractivity contribution in [3.05, 3.63) is 28.3 Å². The standard InChI is InChI=1S/C18H23N3O7/c1-10(2)20-9-12(7-16(20)22)18(24)28-11(3)17(23)19-14-6-5-13(27-4)8-15(14)21(25)26/h5-6,8,10-12H,7,9H2,1-4H3,(H,19,23). The first-order valence-corrected chi connectivity index (χ1v) is 8.77. The van der Waals surface area contributed by atoms with E-state index < -0.39 is 28.8 Å². The Balaban J connectivity index is 2.01. The van der Waals surface area contributed by atoms with Gasteiger partial charge in [-0.25, -0.2) is 0 Å². The van der Waals surface area contributed by atoms with Crippen molar-refractivity contribution in [1.29, 1.82) is 0 Å². The highest BCUT2D eigenvalue weighted by atomic mass is 16.6. The van der Waals surface area contributed by atoms with Crippen molar-refractivity contribution in [2.24, 2.45) is 5.92 Å². The van der Waals surface area contributed by atoms with E-state index in [9.17, 15) is 24.5 Å². The Hall–Kier alpha value is -3.17. The summed E-state index contributed by atoms with van der Waals surface area (Å²) in [6.45, 7) is 5.31. The van der Waals surface area contributed by atoms with Crippen LogP contribution in [0.2, 0.25) is 0 Å². The number of likely N-dealkylation sites (tertiary alicyclic amines) is 1. The highest BCUT2D eigenvalue weighted by Gasteiger charge is 2.37. The van der Waals surface area contributed by atoms with Crippen LogP contribution in [0.1, 0.15) is 27.2 Å². The number of nitro benzene ring substituents is 1. The molecule has 2 amide bonds. The van der Waals surface area contributed by atoms with Gasteiger partial charge in [-0.05, 0) is 32.9 Å². The van der Waals surface area contributed by atoms with Crippen LogP contribution in [-0.2, 0) is 19.1 Å². The lowest BCUT2D eigenvalue weighted by atomic mass is 10.1. The van der Waals surface area contributed by atoms with E-state index in [-0.39, 0.29) is 42.0 Å². The molecule has 0 spiro atoms. The van der Waals surface area contributed by atoms with Gasteiger partial charge in [0.25, 0.3) is 11.6 Å². The molecule has 0 bridgehead atoms. The zero-order chi connectivity index (χ0) is 21.0. The summed E-state index contributed by atoms with van der Waals surface area (Å²) in [5.41, 5.74) is -0.388. The van der Waals surface area contributed by atoms with Gasteiger partial charge in [-0.15, -0.1) is 0 Å². The van der Waals surface area contributed by atoms with Crippen molar-refractivity contribution in [1.82, 2.24) is 4.90 Å². The number of nitro groups is 1. The average Bonchev–Trinajstić information content (AvgIpc) is 3.03. The quantitative estimate of drug-likeness (QED) is 0.424. The first-order valence-electron chi connectivity index (χ1n) is 8.77. The first-order chi connectivity index (χ1) is 13.1. The van der Waals surface area contributed by atoms with Crippen LogP contribution in [-0.4, -0.2) is 53.4 Å². The number of rotatable bonds is 7. The van der Waals surface area contributed by atoms with E-state index in [1.165, 1.54) is 32.2 Å². The number of amides is 2. The van der Waals surface area contributed by atoms with Gasteiger partial charge in [0, 0.05) is 19.0 Å². The van der Waals surface area contributed by atoms with Crippen LogP contribution < -0.4 is 10.1 Å². The van der Waals surface area contributed by atoms with E-state index in [0.717, 1.165) is 0 Å². The van der Waals surface area contributed by atoms with Crippen molar-refractivity contribution < 1.29 is 28.8 Å². The zero-order valence-electron chi connectivity index (χ0n) is 16.1.